The van der Waals surface area contributed by atoms with E-state index < -0.39 is 16.1 Å². The fourth-order valence-electron chi connectivity index (χ4n) is 4.69. The van der Waals surface area contributed by atoms with Crippen molar-refractivity contribution in [3.8, 4) is 11.5 Å². The molecule has 0 unspecified atom stereocenters. The fraction of sp³-hybridized carbons (Fsp3) is 0.269. The Morgan fingerprint density at radius 3 is 2.22 bits per heavy atom. The topological polar surface area (TPSA) is 89.4 Å². The number of fused-ring (bicyclic) bond motifs is 1. The zero-order valence-corrected chi connectivity index (χ0v) is 22.2. The summed E-state index contributed by atoms with van der Waals surface area (Å²) in [5.74, 6) is 0.748. The summed E-state index contributed by atoms with van der Waals surface area (Å²) in [6.45, 7) is 2.25. The minimum Gasteiger partial charge on any atom is -0.486 e. The lowest BCUT2D eigenvalue weighted by Crippen LogP contribution is -3.16. The number of carbonyl (C=O) groups excluding carboxylic acids is 1. The highest BCUT2D eigenvalue weighted by atomic mass is 35.5. The van der Waals surface area contributed by atoms with Gasteiger partial charge in [-0.25, -0.2) is 8.42 Å². The number of anilines is 1. The Labute approximate surface area is 225 Å². The third-order valence-corrected chi connectivity index (χ3v) is 8.78. The zero-order valence-electron chi connectivity index (χ0n) is 19.8. The van der Waals surface area contributed by atoms with Crippen LogP contribution in [0.1, 0.15) is 11.6 Å². The predicted octanol–water partition coefficient (Wildman–Crippen LogP) is 3.03. The molecule has 3 aromatic rings. The number of hydrogen-bond acceptors (Lipinski definition) is 5. The molecule has 37 heavy (non-hydrogen) atoms. The van der Waals surface area contributed by atoms with Crippen LogP contribution >= 0.6 is 23.2 Å². The molecule has 0 bridgehead atoms. The van der Waals surface area contributed by atoms with Crippen LogP contribution < -0.4 is 19.7 Å². The molecule has 3 aromatic carbocycles. The van der Waals surface area contributed by atoms with E-state index in [2.05, 4.69) is 5.32 Å². The van der Waals surface area contributed by atoms with Gasteiger partial charge in [-0.15, -0.1) is 0 Å². The van der Waals surface area contributed by atoms with Crippen molar-refractivity contribution in [2.75, 3.05) is 44.7 Å². The van der Waals surface area contributed by atoms with E-state index in [1.165, 1.54) is 10.4 Å². The number of quaternary nitrogens is 1. The standard InChI is InChI=1S/C26H25Cl2N3O5S/c27-19-14-20(28)16-21(15-19)29-26(32)25(18-4-2-1-3-5-18)30-8-10-31(11-9-30)37(33,34)22-6-7-23-24(17-22)36-13-12-35-23/h1-7,14-17,25H,8-13H2,(H,29,32)/p+1/t25-/m1/s1. The van der Waals surface area contributed by atoms with E-state index in [1.54, 1.807) is 30.3 Å². The number of piperazine rings is 1. The van der Waals surface area contributed by atoms with Gasteiger partial charge in [-0.3, -0.25) is 4.79 Å². The summed E-state index contributed by atoms with van der Waals surface area (Å²) in [6, 6.07) is 18.5. The van der Waals surface area contributed by atoms with Crippen LogP contribution in [0.15, 0.2) is 71.6 Å². The molecular weight excluding hydrogens is 537 g/mol. The second-order valence-electron chi connectivity index (χ2n) is 8.86. The monoisotopic (exact) mass is 562 g/mol. The summed E-state index contributed by atoms with van der Waals surface area (Å²) in [6.07, 6.45) is 0. The Morgan fingerprint density at radius 2 is 1.54 bits per heavy atom. The second kappa shape index (κ2) is 10.9. The van der Waals surface area contributed by atoms with Crippen LogP contribution in [0.3, 0.4) is 0 Å². The molecule has 8 nitrogen and oxygen atoms in total. The van der Waals surface area contributed by atoms with Gasteiger partial charge in [0.1, 0.15) is 13.2 Å². The number of sulfonamides is 1. The van der Waals surface area contributed by atoms with E-state index in [-0.39, 0.29) is 23.9 Å². The maximum Gasteiger partial charge on any atom is 0.287 e. The predicted molar refractivity (Wildman–Crippen MR) is 141 cm³/mol. The molecule has 0 aliphatic carbocycles. The van der Waals surface area contributed by atoms with Crippen molar-refractivity contribution in [2.45, 2.75) is 10.9 Å². The van der Waals surface area contributed by atoms with Crippen LogP contribution in [0.4, 0.5) is 5.69 Å². The lowest BCUT2D eigenvalue weighted by Gasteiger charge is -2.35. The number of benzene rings is 3. The van der Waals surface area contributed by atoms with Gasteiger partial charge < -0.3 is 19.7 Å². The molecule has 194 valence electrons. The van der Waals surface area contributed by atoms with Gasteiger partial charge in [-0.2, -0.15) is 4.31 Å². The highest BCUT2D eigenvalue weighted by molar-refractivity contribution is 7.89. The van der Waals surface area contributed by atoms with E-state index in [0.29, 0.717) is 53.5 Å². The Hall–Kier alpha value is -2.82. The first-order valence-electron chi connectivity index (χ1n) is 11.9. The smallest absolute Gasteiger partial charge is 0.287 e. The largest absolute Gasteiger partial charge is 0.486 e. The lowest BCUT2D eigenvalue weighted by atomic mass is 10.0. The average Bonchev–Trinajstić information content (AvgIpc) is 2.89. The van der Waals surface area contributed by atoms with Crippen molar-refractivity contribution in [3.05, 3.63) is 82.3 Å². The normalized spacial score (nSPS) is 17.2. The molecule has 5 rings (SSSR count). The summed E-state index contributed by atoms with van der Waals surface area (Å²) in [4.78, 5) is 14.6. The first-order chi connectivity index (χ1) is 17.8. The van der Waals surface area contributed by atoms with E-state index in [0.717, 1.165) is 10.5 Å². The molecule has 2 heterocycles. The highest BCUT2D eigenvalue weighted by Crippen LogP contribution is 2.33. The Bertz CT molecular complexity index is 1380. The number of ether oxygens (including phenoxy) is 2. The summed E-state index contributed by atoms with van der Waals surface area (Å²) in [5.41, 5.74) is 1.34. The number of amides is 1. The SMILES string of the molecule is O=C(Nc1cc(Cl)cc(Cl)c1)[C@@H](c1ccccc1)[NH+]1CCN(S(=O)(=O)c2ccc3c(c2)OCCO3)CC1. The number of nitrogens with zero attached hydrogens (tertiary/aromatic N) is 1. The van der Waals surface area contributed by atoms with Crippen LogP contribution in [0.2, 0.25) is 10.0 Å². The first kappa shape index (κ1) is 25.8. The van der Waals surface area contributed by atoms with Gasteiger partial charge in [0.2, 0.25) is 10.0 Å². The molecule has 11 heteroatoms. The van der Waals surface area contributed by atoms with Gasteiger partial charge in [0.05, 0.1) is 31.1 Å². The quantitative estimate of drug-likeness (QED) is 0.482. The number of carbonyl (C=O) groups is 1. The average molecular weight is 563 g/mol. The minimum absolute atomic E-state index is 0.162. The highest BCUT2D eigenvalue weighted by Gasteiger charge is 2.38. The second-order valence-corrected chi connectivity index (χ2v) is 11.7. The summed E-state index contributed by atoms with van der Waals surface area (Å²) < 4.78 is 39.3. The molecule has 2 aliphatic rings. The molecule has 1 saturated heterocycles. The van der Waals surface area contributed by atoms with Gasteiger partial charge >= 0.3 is 0 Å². The number of halogens is 2. The lowest BCUT2D eigenvalue weighted by molar-refractivity contribution is -0.925. The van der Waals surface area contributed by atoms with Crippen molar-refractivity contribution in [1.82, 2.24) is 4.31 Å². The van der Waals surface area contributed by atoms with E-state index >= 15 is 0 Å². The van der Waals surface area contributed by atoms with Gasteiger partial charge in [-0.1, -0.05) is 53.5 Å². The van der Waals surface area contributed by atoms with Gasteiger partial charge in [0, 0.05) is 27.4 Å². The Balaban J connectivity index is 1.33. The minimum atomic E-state index is -3.73. The van der Waals surface area contributed by atoms with E-state index in [1.807, 2.05) is 30.3 Å². The maximum absolute atomic E-state index is 13.5. The van der Waals surface area contributed by atoms with Crippen LogP contribution in [-0.2, 0) is 14.8 Å². The van der Waals surface area contributed by atoms with Crippen LogP contribution in [-0.4, -0.2) is 58.0 Å². The molecule has 0 aromatic heterocycles. The maximum atomic E-state index is 13.5. The molecular formula is C26H26Cl2N3O5S+. The number of nitrogens with one attached hydrogen (secondary N) is 2. The number of hydrogen-bond donors (Lipinski definition) is 2. The number of rotatable bonds is 6. The third-order valence-electron chi connectivity index (χ3n) is 6.45. The molecule has 1 fully saturated rings. The van der Waals surface area contributed by atoms with E-state index in [4.69, 9.17) is 32.7 Å². The third kappa shape index (κ3) is 5.71. The molecule has 2 aliphatic heterocycles. The van der Waals surface area contributed by atoms with E-state index in [9.17, 15) is 13.2 Å². The van der Waals surface area contributed by atoms with Crippen molar-refractivity contribution in [3.63, 3.8) is 0 Å². The van der Waals surface area contributed by atoms with Crippen molar-refractivity contribution in [2.24, 2.45) is 0 Å². The molecule has 0 radical (unpaired) electrons. The first-order valence-corrected chi connectivity index (χ1v) is 14.1. The summed E-state index contributed by atoms with van der Waals surface area (Å²) >= 11 is 12.2. The van der Waals surface area contributed by atoms with Gasteiger partial charge in [0.15, 0.2) is 17.5 Å². The van der Waals surface area contributed by atoms with Gasteiger partial charge in [0.25, 0.3) is 5.91 Å². The van der Waals surface area contributed by atoms with Crippen LogP contribution in [0, 0.1) is 0 Å². The van der Waals surface area contributed by atoms with Gasteiger partial charge in [-0.05, 0) is 30.3 Å². The van der Waals surface area contributed by atoms with Crippen LogP contribution in [0.25, 0.3) is 0 Å². The van der Waals surface area contributed by atoms with Crippen molar-refractivity contribution >= 4 is 44.8 Å². The molecule has 1 amide bonds. The molecule has 1 atom stereocenters. The van der Waals surface area contributed by atoms with Crippen molar-refractivity contribution < 1.29 is 27.6 Å². The van der Waals surface area contributed by atoms with Crippen LogP contribution in [0.5, 0.6) is 11.5 Å². The Kier molecular flexibility index (Phi) is 7.60. The fourth-order valence-corrected chi connectivity index (χ4v) is 6.68. The zero-order chi connectivity index (χ0) is 26.0. The summed E-state index contributed by atoms with van der Waals surface area (Å²) in [5, 5.41) is 3.77. The molecule has 2 N–H and O–H groups in total. The molecule has 0 saturated carbocycles. The van der Waals surface area contributed by atoms with Crippen molar-refractivity contribution in [1.29, 1.82) is 0 Å². The summed E-state index contributed by atoms with van der Waals surface area (Å²) in [7, 11) is -3.73. The molecule has 0 spiro atoms. The Morgan fingerprint density at radius 1 is 0.892 bits per heavy atom.